The summed E-state index contributed by atoms with van der Waals surface area (Å²) >= 11 is 14.1. The molecule has 0 spiro atoms. The molecule has 4 nitrogen and oxygen atoms in total. The molecule has 0 aliphatic carbocycles. The molecule has 1 amide bonds. The highest BCUT2D eigenvalue weighted by Crippen LogP contribution is 2.24. The lowest BCUT2D eigenvalue weighted by Crippen LogP contribution is -2.14. The maximum Gasteiger partial charge on any atom is 0.259 e. The Morgan fingerprint density at radius 1 is 1.15 bits per heavy atom. The van der Waals surface area contributed by atoms with Crippen molar-refractivity contribution in [3.8, 4) is 0 Å². The van der Waals surface area contributed by atoms with Gasteiger partial charge in [0.1, 0.15) is 11.6 Å². The van der Waals surface area contributed by atoms with Crippen LogP contribution in [0.3, 0.4) is 0 Å². The van der Waals surface area contributed by atoms with Crippen molar-refractivity contribution in [1.29, 1.82) is 0 Å². The summed E-state index contributed by atoms with van der Waals surface area (Å²) in [7, 11) is 0. The number of hydrogen-bond acceptors (Lipinski definition) is 3. The second-order valence-electron chi connectivity index (χ2n) is 3.57. The van der Waals surface area contributed by atoms with Gasteiger partial charge in [0.15, 0.2) is 10.3 Å². The van der Waals surface area contributed by atoms with E-state index in [-0.39, 0.29) is 26.0 Å². The quantitative estimate of drug-likeness (QED) is 0.796. The lowest BCUT2D eigenvalue weighted by Gasteiger charge is -2.08. The summed E-state index contributed by atoms with van der Waals surface area (Å²) in [5.41, 5.74) is -0.436. The third-order valence-corrected chi connectivity index (χ3v) is 3.29. The number of amides is 1. The predicted octanol–water partition coefficient (Wildman–Crippen LogP) is 4.08. The zero-order valence-electron chi connectivity index (χ0n) is 9.42. The molecule has 1 aromatic heterocycles. The van der Waals surface area contributed by atoms with Gasteiger partial charge >= 0.3 is 0 Å². The molecule has 0 saturated heterocycles. The number of hydrogen-bond donors (Lipinski definition) is 1. The Hall–Kier alpha value is -1.31. The molecule has 104 valence electrons. The van der Waals surface area contributed by atoms with Gasteiger partial charge in [0.25, 0.3) is 5.91 Å². The Kier molecular flexibility index (Phi) is 4.52. The zero-order valence-corrected chi connectivity index (χ0v) is 12.5. The highest BCUT2D eigenvalue weighted by atomic mass is 79.9. The molecule has 20 heavy (non-hydrogen) atoms. The Morgan fingerprint density at radius 2 is 1.85 bits per heavy atom. The topological polar surface area (TPSA) is 54.9 Å². The summed E-state index contributed by atoms with van der Waals surface area (Å²) in [6.07, 6.45) is 0. The Bertz CT molecular complexity index is 700. The molecule has 2 rings (SSSR count). The fraction of sp³-hybridized carbons (Fsp3) is 0. The van der Waals surface area contributed by atoms with Crippen LogP contribution in [0.4, 0.5) is 14.5 Å². The first kappa shape index (κ1) is 15.1. The minimum Gasteiger partial charge on any atom is -0.319 e. The number of anilines is 1. The molecular weight excluding hydrogens is 379 g/mol. The minimum atomic E-state index is -0.809. The van der Waals surface area contributed by atoms with E-state index in [1.54, 1.807) is 0 Å². The molecule has 1 N–H and O–H groups in total. The van der Waals surface area contributed by atoms with E-state index >= 15 is 0 Å². The van der Waals surface area contributed by atoms with E-state index in [9.17, 15) is 13.6 Å². The van der Waals surface area contributed by atoms with E-state index in [2.05, 4.69) is 31.4 Å². The predicted molar refractivity (Wildman–Crippen MR) is 74.1 cm³/mol. The second-order valence-corrected chi connectivity index (χ2v) is 5.17. The molecule has 0 aliphatic heterocycles. The van der Waals surface area contributed by atoms with Crippen molar-refractivity contribution in [2.24, 2.45) is 0 Å². The monoisotopic (exact) mass is 381 g/mol. The number of benzene rings is 1. The van der Waals surface area contributed by atoms with E-state index in [1.807, 2.05) is 0 Å². The highest BCUT2D eigenvalue weighted by Gasteiger charge is 2.16. The van der Waals surface area contributed by atoms with Gasteiger partial charge < -0.3 is 5.32 Å². The summed E-state index contributed by atoms with van der Waals surface area (Å²) < 4.78 is 26.9. The van der Waals surface area contributed by atoms with Crippen LogP contribution in [0.25, 0.3) is 0 Å². The summed E-state index contributed by atoms with van der Waals surface area (Å²) in [5.74, 6) is -2.32. The molecule has 0 radical (unpaired) electrons. The molecule has 1 aromatic carbocycles. The molecule has 1 heterocycles. The summed E-state index contributed by atoms with van der Waals surface area (Å²) in [6, 6.07) is 2.89. The van der Waals surface area contributed by atoms with Crippen molar-refractivity contribution in [3.63, 3.8) is 0 Å². The molecule has 2 aromatic rings. The minimum absolute atomic E-state index is 0.0537. The van der Waals surface area contributed by atoms with Crippen LogP contribution >= 0.6 is 39.1 Å². The number of carbonyl (C=O) groups excluding carboxylic acids is 1. The van der Waals surface area contributed by atoms with Gasteiger partial charge in [0.2, 0.25) is 0 Å². The van der Waals surface area contributed by atoms with Gasteiger partial charge in [-0.1, -0.05) is 23.2 Å². The van der Waals surface area contributed by atoms with Crippen LogP contribution in [-0.2, 0) is 0 Å². The molecule has 9 heteroatoms. The van der Waals surface area contributed by atoms with Gasteiger partial charge in [-0.3, -0.25) is 4.79 Å². The van der Waals surface area contributed by atoms with Gasteiger partial charge in [-0.2, -0.15) is 0 Å². The Labute approximate surface area is 130 Å². The van der Waals surface area contributed by atoms with Crippen LogP contribution in [0.15, 0.2) is 22.7 Å². The summed E-state index contributed by atoms with van der Waals surface area (Å²) in [4.78, 5) is 11.9. The van der Waals surface area contributed by atoms with Crippen LogP contribution in [0, 0.1) is 11.6 Å². The fourth-order valence-electron chi connectivity index (χ4n) is 1.32. The van der Waals surface area contributed by atoms with Crippen LogP contribution in [0.5, 0.6) is 0 Å². The van der Waals surface area contributed by atoms with E-state index in [0.717, 1.165) is 12.1 Å². The van der Waals surface area contributed by atoms with Crippen LogP contribution in [0.2, 0.25) is 10.3 Å². The molecular formula is C11H4BrCl2F2N3O. The van der Waals surface area contributed by atoms with Crippen molar-refractivity contribution in [3.05, 3.63) is 50.2 Å². The smallest absolute Gasteiger partial charge is 0.259 e. The maximum absolute atomic E-state index is 13.6. The zero-order chi connectivity index (χ0) is 14.9. The van der Waals surface area contributed by atoms with Crippen molar-refractivity contribution < 1.29 is 13.6 Å². The number of rotatable bonds is 2. The lowest BCUT2D eigenvalue weighted by molar-refractivity contribution is 0.102. The van der Waals surface area contributed by atoms with Crippen molar-refractivity contribution in [1.82, 2.24) is 10.2 Å². The van der Waals surface area contributed by atoms with Crippen LogP contribution < -0.4 is 5.32 Å². The van der Waals surface area contributed by atoms with Crippen molar-refractivity contribution >= 4 is 50.7 Å². The molecule has 0 atom stereocenters. The summed E-state index contributed by atoms with van der Waals surface area (Å²) in [5, 5.41) is 8.80. The number of nitrogens with one attached hydrogen (secondary N) is 1. The van der Waals surface area contributed by atoms with Gasteiger partial charge in [0, 0.05) is 6.07 Å². The second kappa shape index (κ2) is 5.99. The first-order chi connectivity index (χ1) is 9.38. The molecule has 0 bridgehead atoms. The first-order valence-electron chi connectivity index (χ1n) is 5.03. The first-order valence-corrected chi connectivity index (χ1v) is 6.58. The van der Waals surface area contributed by atoms with Crippen LogP contribution in [-0.4, -0.2) is 16.1 Å². The molecule has 0 fully saturated rings. The van der Waals surface area contributed by atoms with E-state index < -0.39 is 17.5 Å². The van der Waals surface area contributed by atoms with Gasteiger partial charge in [-0.15, -0.1) is 10.2 Å². The Morgan fingerprint density at radius 3 is 2.55 bits per heavy atom. The number of aromatic nitrogens is 2. The standard InChI is InChI=1S/C11H4BrCl2F2N3O/c12-5-2-7(16)8(3-6(5)15)17-11(20)4-1-9(13)18-19-10(4)14/h1-3H,(H,17,20). The van der Waals surface area contributed by atoms with E-state index in [1.165, 1.54) is 6.07 Å². The van der Waals surface area contributed by atoms with Gasteiger partial charge in [-0.25, -0.2) is 8.78 Å². The average Bonchev–Trinajstić information content (AvgIpc) is 2.38. The number of nitrogens with zero attached hydrogens (tertiary/aromatic N) is 2. The fourth-order valence-corrected chi connectivity index (χ4v) is 1.96. The summed E-state index contributed by atoms with van der Waals surface area (Å²) in [6.45, 7) is 0. The highest BCUT2D eigenvalue weighted by molar-refractivity contribution is 9.10. The van der Waals surface area contributed by atoms with Crippen molar-refractivity contribution in [2.45, 2.75) is 0 Å². The van der Waals surface area contributed by atoms with E-state index in [0.29, 0.717) is 0 Å². The molecule has 0 saturated carbocycles. The van der Waals surface area contributed by atoms with Crippen LogP contribution in [0.1, 0.15) is 10.4 Å². The molecule has 0 aliphatic rings. The van der Waals surface area contributed by atoms with Gasteiger partial charge in [0.05, 0.1) is 15.7 Å². The van der Waals surface area contributed by atoms with E-state index in [4.69, 9.17) is 23.2 Å². The lowest BCUT2D eigenvalue weighted by atomic mass is 10.2. The van der Waals surface area contributed by atoms with Crippen molar-refractivity contribution in [2.75, 3.05) is 5.32 Å². The number of halogens is 5. The molecule has 0 unspecified atom stereocenters. The average molecular weight is 383 g/mol. The SMILES string of the molecule is O=C(Nc1cc(F)c(Br)cc1F)c1cc(Cl)nnc1Cl. The third kappa shape index (κ3) is 3.23. The number of carbonyl (C=O) groups is 1. The Balaban J connectivity index is 2.32. The normalized spacial score (nSPS) is 10.4. The maximum atomic E-state index is 13.6. The largest absolute Gasteiger partial charge is 0.319 e. The van der Waals surface area contributed by atoms with Gasteiger partial charge in [-0.05, 0) is 28.1 Å². The third-order valence-electron chi connectivity index (χ3n) is 2.22.